The number of rotatable bonds is 8. The molecule has 0 unspecified atom stereocenters. The molecule has 0 amide bonds. The van der Waals surface area contributed by atoms with Crippen LogP contribution < -0.4 is 24.4 Å². The van der Waals surface area contributed by atoms with E-state index in [1.54, 1.807) is 25.4 Å². The van der Waals surface area contributed by atoms with Crippen molar-refractivity contribution in [3.05, 3.63) is 96.1 Å². The molecule has 9 nitrogen and oxygen atoms in total. The molecular formula is C28H29N5O4S2. The average molecular weight is 564 g/mol. The number of hydrogen-bond acceptors (Lipinski definition) is 6. The topological polar surface area (TPSA) is 97.7 Å². The van der Waals surface area contributed by atoms with Crippen LogP contribution in [-0.2, 0) is 10.0 Å². The number of nitrogens with zero attached hydrogens (tertiary/aromatic N) is 3. The van der Waals surface area contributed by atoms with E-state index in [1.165, 1.54) is 7.11 Å². The Balaban J connectivity index is 1.68. The normalized spacial score (nSPS) is 17.1. The van der Waals surface area contributed by atoms with Gasteiger partial charge in [-0.3, -0.25) is 9.71 Å². The van der Waals surface area contributed by atoms with Gasteiger partial charge in [-0.05, 0) is 85.9 Å². The van der Waals surface area contributed by atoms with Crippen molar-refractivity contribution in [1.82, 2.24) is 14.9 Å². The fraction of sp³-hybridized carbons (Fsp3) is 0.214. The van der Waals surface area contributed by atoms with Crippen LogP contribution in [0.15, 0.2) is 79.0 Å². The van der Waals surface area contributed by atoms with E-state index in [-0.39, 0.29) is 12.1 Å². The highest BCUT2D eigenvalue weighted by atomic mass is 32.2. The molecule has 2 N–H and O–H groups in total. The number of aromatic nitrogens is 2. The molecule has 0 saturated carbocycles. The number of methoxy groups -OCH3 is 2. The Kier molecular flexibility index (Phi) is 7.19. The van der Waals surface area contributed by atoms with E-state index in [2.05, 4.69) is 38.6 Å². The maximum atomic E-state index is 12.1. The number of hydrogen-bond donors (Lipinski definition) is 2. The number of pyridine rings is 1. The van der Waals surface area contributed by atoms with Gasteiger partial charge < -0.3 is 24.3 Å². The molecule has 0 aliphatic carbocycles. The zero-order valence-corrected chi connectivity index (χ0v) is 23.6. The van der Waals surface area contributed by atoms with Crippen LogP contribution in [0, 0.1) is 6.92 Å². The number of aryl methyl sites for hydroxylation is 1. The summed E-state index contributed by atoms with van der Waals surface area (Å²) < 4.78 is 39.7. The molecule has 39 heavy (non-hydrogen) atoms. The minimum Gasteiger partial charge on any atom is -0.497 e. The summed E-state index contributed by atoms with van der Waals surface area (Å²) in [5.74, 6) is 1.17. The predicted molar refractivity (Wildman–Crippen MR) is 156 cm³/mol. The summed E-state index contributed by atoms with van der Waals surface area (Å²) in [6.45, 7) is 2.05. The molecule has 11 heteroatoms. The molecule has 2 aromatic carbocycles. The molecule has 0 radical (unpaired) electrons. The molecule has 1 aliphatic heterocycles. The fourth-order valence-electron chi connectivity index (χ4n) is 4.93. The maximum absolute atomic E-state index is 12.1. The van der Waals surface area contributed by atoms with E-state index in [4.69, 9.17) is 21.7 Å². The minimum atomic E-state index is -3.55. The van der Waals surface area contributed by atoms with Crippen molar-refractivity contribution in [2.45, 2.75) is 19.0 Å². The van der Waals surface area contributed by atoms with E-state index < -0.39 is 10.0 Å². The van der Waals surface area contributed by atoms with Gasteiger partial charge in [-0.2, -0.15) is 0 Å². The molecule has 0 bridgehead atoms. The van der Waals surface area contributed by atoms with Crippen LogP contribution in [0.5, 0.6) is 11.5 Å². The zero-order chi connectivity index (χ0) is 27.7. The number of ether oxygens (including phenoxy) is 2. The smallest absolute Gasteiger partial charge is 0.229 e. The highest BCUT2D eigenvalue weighted by molar-refractivity contribution is 7.92. The number of thiocarbonyl (C=S) groups is 1. The average Bonchev–Trinajstić information content (AvgIpc) is 3.47. The van der Waals surface area contributed by atoms with Gasteiger partial charge in [0, 0.05) is 29.0 Å². The van der Waals surface area contributed by atoms with Gasteiger partial charge in [0.05, 0.1) is 37.9 Å². The van der Waals surface area contributed by atoms with Crippen molar-refractivity contribution >= 4 is 38.7 Å². The van der Waals surface area contributed by atoms with E-state index in [0.29, 0.717) is 22.2 Å². The standard InChI is InChI=1S/C28H29N5O4S2/c1-18-8-14-24(32(18)19-9-12-21(36-2)13-10-19)27-26(22-7-5-6-16-29-22)30-28(38)33(27)20-11-15-25(37-3)23(17-20)31-39(4,34)35/h5-17,26-27,31H,1-4H3,(H,30,38)/t26-,27+/m1/s1. The predicted octanol–water partition coefficient (Wildman–Crippen LogP) is 4.75. The monoisotopic (exact) mass is 563 g/mol. The van der Waals surface area contributed by atoms with Crippen LogP contribution in [0.4, 0.5) is 11.4 Å². The lowest BCUT2D eigenvalue weighted by molar-refractivity contribution is 0.414. The molecule has 0 spiro atoms. The Hall–Kier alpha value is -4.09. The zero-order valence-electron chi connectivity index (χ0n) is 22.0. The molecule has 2 atom stereocenters. The first-order chi connectivity index (χ1) is 18.7. The van der Waals surface area contributed by atoms with Crippen LogP contribution in [0.2, 0.25) is 0 Å². The molecule has 3 heterocycles. The Morgan fingerprint density at radius 3 is 2.36 bits per heavy atom. The number of sulfonamides is 1. The quantitative estimate of drug-likeness (QED) is 0.297. The Morgan fingerprint density at radius 1 is 0.974 bits per heavy atom. The third kappa shape index (κ3) is 5.27. The SMILES string of the molecule is COc1ccc(-n2c(C)ccc2[C@H]2[C@@H](c3ccccn3)NC(=S)N2c2ccc(OC)c(NS(C)(=O)=O)c2)cc1. The molecule has 1 fully saturated rings. The lowest BCUT2D eigenvalue weighted by Crippen LogP contribution is -2.30. The van der Waals surface area contributed by atoms with E-state index in [1.807, 2.05) is 53.4 Å². The second-order valence-electron chi connectivity index (χ2n) is 9.19. The largest absolute Gasteiger partial charge is 0.497 e. The summed E-state index contributed by atoms with van der Waals surface area (Å²) in [7, 11) is -0.412. The fourth-order valence-corrected chi connectivity index (χ4v) is 5.84. The summed E-state index contributed by atoms with van der Waals surface area (Å²) >= 11 is 5.88. The van der Waals surface area contributed by atoms with E-state index >= 15 is 0 Å². The first-order valence-electron chi connectivity index (χ1n) is 12.2. The highest BCUT2D eigenvalue weighted by Gasteiger charge is 2.42. The van der Waals surface area contributed by atoms with Crippen LogP contribution in [0.1, 0.15) is 29.2 Å². The maximum Gasteiger partial charge on any atom is 0.229 e. The van der Waals surface area contributed by atoms with Crippen LogP contribution >= 0.6 is 12.2 Å². The number of benzene rings is 2. The van der Waals surface area contributed by atoms with Crippen molar-refractivity contribution in [2.24, 2.45) is 0 Å². The molecule has 4 aromatic rings. The Bertz CT molecular complexity index is 1600. The van der Waals surface area contributed by atoms with Crippen LogP contribution in [0.25, 0.3) is 5.69 Å². The van der Waals surface area contributed by atoms with Crippen LogP contribution in [-0.4, -0.2) is 43.6 Å². The van der Waals surface area contributed by atoms with Gasteiger partial charge in [0.15, 0.2) is 5.11 Å². The Morgan fingerprint density at radius 2 is 1.72 bits per heavy atom. The molecule has 1 aliphatic rings. The molecule has 5 rings (SSSR count). The van der Waals surface area contributed by atoms with Gasteiger partial charge in [0.2, 0.25) is 10.0 Å². The Labute approximate surface area is 233 Å². The van der Waals surface area contributed by atoms with Crippen molar-refractivity contribution in [3.8, 4) is 17.2 Å². The summed E-state index contributed by atoms with van der Waals surface area (Å²) in [6.07, 6.45) is 2.86. The number of nitrogens with one attached hydrogen (secondary N) is 2. The van der Waals surface area contributed by atoms with E-state index in [9.17, 15) is 8.42 Å². The van der Waals surface area contributed by atoms with Gasteiger partial charge in [-0.15, -0.1) is 0 Å². The summed E-state index contributed by atoms with van der Waals surface area (Å²) in [4.78, 5) is 6.63. The summed E-state index contributed by atoms with van der Waals surface area (Å²) in [5.41, 5.74) is 4.84. The first-order valence-corrected chi connectivity index (χ1v) is 14.5. The lowest BCUT2D eigenvalue weighted by atomic mass is 10.0. The van der Waals surface area contributed by atoms with E-state index in [0.717, 1.165) is 34.8 Å². The second kappa shape index (κ2) is 10.6. The van der Waals surface area contributed by atoms with Crippen molar-refractivity contribution < 1.29 is 17.9 Å². The minimum absolute atomic E-state index is 0.279. The number of anilines is 2. The first kappa shape index (κ1) is 26.5. The lowest BCUT2D eigenvalue weighted by Gasteiger charge is -2.30. The van der Waals surface area contributed by atoms with Crippen molar-refractivity contribution in [2.75, 3.05) is 30.1 Å². The molecule has 202 valence electrons. The van der Waals surface area contributed by atoms with Gasteiger partial charge in [0.25, 0.3) is 0 Å². The van der Waals surface area contributed by atoms with Crippen LogP contribution in [0.3, 0.4) is 0 Å². The van der Waals surface area contributed by atoms with Gasteiger partial charge in [-0.1, -0.05) is 6.07 Å². The van der Waals surface area contributed by atoms with Gasteiger partial charge in [0.1, 0.15) is 17.5 Å². The van der Waals surface area contributed by atoms with Gasteiger partial charge >= 0.3 is 0 Å². The van der Waals surface area contributed by atoms with Crippen molar-refractivity contribution in [1.29, 1.82) is 0 Å². The molecule has 1 saturated heterocycles. The third-order valence-corrected chi connectivity index (χ3v) is 7.50. The summed E-state index contributed by atoms with van der Waals surface area (Å²) in [6, 6.07) is 22.5. The third-order valence-electron chi connectivity index (χ3n) is 6.59. The van der Waals surface area contributed by atoms with Crippen molar-refractivity contribution in [3.63, 3.8) is 0 Å². The second-order valence-corrected chi connectivity index (χ2v) is 11.3. The molecular weight excluding hydrogens is 534 g/mol. The highest BCUT2D eigenvalue weighted by Crippen LogP contribution is 2.44. The molecule has 2 aromatic heterocycles. The summed E-state index contributed by atoms with van der Waals surface area (Å²) in [5, 5.41) is 3.95. The van der Waals surface area contributed by atoms with Gasteiger partial charge in [-0.25, -0.2) is 8.42 Å².